The molecule has 0 radical (unpaired) electrons. The molecule has 1 spiro atoms. The van der Waals surface area contributed by atoms with Crippen molar-refractivity contribution in [1.29, 1.82) is 0 Å². The zero-order valence-electron chi connectivity index (χ0n) is 20.9. The van der Waals surface area contributed by atoms with Crippen LogP contribution in [-0.4, -0.2) is 71.3 Å². The van der Waals surface area contributed by atoms with Crippen LogP contribution in [0.3, 0.4) is 0 Å². The number of unbranched alkanes of at least 4 members (excludes halogenated alkanes) is 1. The van der Waals surface area contributed by atoms with E-state index in [1.165, 1.54) is 0 Å². The third-order valence-corrected chi connectivity index (χ3v) is 7.28. The second-order valence-electron chi connectivity index (χ2n) is 9.66. The van der Waals surface area contributed by atoms with Gasteiger partial charge in [-0.25, -0.2) is 0 Å². The number of anilines is 1. The van der Waals surface area contributed by atoms with Gasteiger partial charge in [0, 0.05) is 38.8 Å². The Balaban J connectivity index is 1.48. The van der Waals surface area contributed by atoms with E-state index in [9.17, 15) is 14.4 Å². The zero-order valence-corrected chi connectivity index (χ0v) is 20.9. The number of carbonyl (C=O) groups excluding carboxylic acids is 3. The van der Waals surface area contributed by atoms with E-state index in [0.717, 1.165) is 24.1 Å². The summed E-state index contributed by atoms with van der Waals surface area (Å²) >= 11 is 0. The standard InChI is InChI=1S/C28H36N4O3/c1-3-4-15-25(33)30-18-16-28(17-19-30)27(35)31(22-32(28)24-13-9-6-10-14-24)21-26(34)29(2)20-23-11-7-5-8-12-23/h5-14H,3-4,15-22H2,1-2H3. The van der Waals surface area contributed by atoms with Crippen LogP contribution < -0.4 is 4.90 Å². The van der Waals surface area contributed by atoms with E-state index >= 15 is 0 Å². The Kier molecular flexibility index (Phi) is 7.73. The summed E-state index contributed by atoms with van der Waals surface area (Å²) < 4.78 is 0. The van der Waals surface area contributed by atoms with Crippen molar-refractivity contribution < 1.29 is 14.4 Å². The first kappa shape index (κ1) is 24.8. The van der Waals surface area contributed by atoms with Crippen LogP contribution in [-0.2, 0) is 20.9 Å². The van der Waals surface area contributed by atoms with Crippen LogP contribution in [0.4, 0.5) is 5.69 Å². The average Bonchev–Trinajstić information content (AvgIpc) is 3.14. The number of benzene rings is 2. The minimum absolute atomic E-state index is 0.0107. The summed E-state index contributed by atoms with van der Waals surface area (Å²) in [5, 5.41) is 0. The number of piperidine rings is 1. The summed E-state index contributed by atoms with van der Waals surface area (Å²) in [7, 11) is 1.78. The van der Waals surface area contributed by atoms with Crippen LogP contribution in [0.2, 0.25) is 0 Å². The Morgan fingerprint density at radius 3 is 2.23 bits per heavy atom. The number of carbonyl (C=O) groups is 3. The fraction of sp³-hybridized carbons (Fsp3) is 0.464. The van der Waals surface area contributed by atoms with Gasteiger partial charge in [0.15, 0.2) is 0 Å². The molecule has 7 nitrogen and oxygen atoms in total. The van der Waals surface area contributed by atoms with Crippen LogP contribution >= 0.6 is 0 Å². The molecule has 2 aromatic rings. The van der Waals surface area contributed by atoms with Crippen molar-refractivity contribution in [3.8, 4) is 0 Å². The number of hydrogen-bond donors (Lipinski definition) is 0. The lowest BCUT2D eigenvalue weighted by Crippen LogP contribution is -2.57. The van der Waals surface area contributed by atoms with E-state index in [1.807, 2.05) is 65.6 Å². The van der Waals surface area contributed by atoms with E-state index in [4.69, 9.17) is 0 Å². The van der Waals surface area contributed by atoms with Gasteiger partial charge in [0.2, 0.25) is 11.8 Å². The van der Waals surface area contributed by atoms with Gasteiger partial charge in [-0.2, -0.15) is 0 Å². The fourth-order valence-corrected chi connectivity index (χ4v) is 5.16. The molecule has 4 rings (SSSR count). The molecule has 186 valence electrons. The first-order valence-corrected chi connectivity index (χ1v) is 12.6. The normalized spacial score (nSPS) is 17.2. The monoisotopic (exact) mass is 476 g/mol. The van der Waals surface area contributed by atoms with Gasteiger partial charge in [-0.1, -0.05) is 61.9 Å². The second-order valence-corrected chi connectivity index (χ2v) is 9.66. The van der Waals surface area contributed by atoms with Crippen molar-refractivity contribution >= 4 is 23.4 Å². The van der Waals surface area contributed by atoms with Gasteiger partial charge in [-0.3, -0.25) is 14.4 Å². The topological polar surface area (TPSA) is 64.2 Å². The minimum Gasteiger partial charge on any atom is -0.342 e. The molecule has 2 aliphatic rings. The zero-order chi connectivity index (χ0) is 24.8. The van der Waals surface area contributed by atoms with E-state index in [1.54, 1.807) is 16.8 Å². The summed E-state index contributed by atoms with van der Waals surface area (Å²) in [5.74, 6) is 0.0795. The fourth-order valence-electron chi connectivity index (χ4n) is 5.16. The third-order valence-electron chi connectivity index (χ3n) is 7.28. The summed E-state index contributed by atoms with van der Waals surface area (Å²) in [6.45, 7) is 4.13. The molecule has 0 saturated carbocycles. The molecule has 2 saturated heterocycles. The quantitative estimate of drug-likeness (QED) is 0.585. The van der Waals surface area contributed by atoms with Gasteiger partial charge in [-0.15, -0.1) is 0 Å². The maximum atomic E-state index is 13.8. The first-order chi connectivity index (χ1) is 16.9. The SMILES string of the molecule is CCCCC(=O)N1CCC2(CC1)C(=O)N(CC(=O)N(C)Cc1ccccc1)CN2c1ccccc1. The minimum atomic E-state index is -0.721. The predicted molar refractivity (Wildman–Crippen MR) is 136 cm³/mol. The number of likely N-dealkylation sites (tertiary alicyclic amines) is 1. The number of likely N-dealkylation sites (N-methyl/N-ethyl adjacent to an activating group) is 1. The Bertz CT molecular complexity index is 1020. The van der Waals surface area contributed by atoms with Gasteiger partial charge >= 0.3 is 0 Å². The molecule has 3 amide bonds. The highest BCUT2D eigenvalue weighted by Crippen LogP contribution is 2.39. The molecule has 0 aromatic heterocycles. The molecule has 2 aliphatic heterocycles. The lowest BCUT2D eigenvalue weighted by atomic mass is 9.85. The number of rotatable bonds is 8. The average molecular weight is 477 g/mol. The lowest BCUT2D eigenvalue weighted by molar-refractivity contribution is -0.142. The highest BCUT2D eigenvalue weighted by atomic mass is 16.2. The molecule has 2 heterocycles. The number of para-hydroxylation sites is 1. The molecule has 0 unspecified atom stereocenters. The van der Waals surface area contributed by atoms with Crippen molar-refractivity contribution in [2.24, 2.45) is 0 Å². The predicted octanol–water partition coefficient (Wildman–Crippen LogP) is 3.50. The molecule has 35 heavy (non-hydrogen) atoms. The maximum Gasteiger partial charge on any atom is 0.250 e. The summed E-state index contributed by atoms with van der Waals surface area (Å²) in [5.41, 5.74) is 1.30. The first-order valence-electron chi connectivity index (χ1n) is 12.6. The van der Waals surface area contributed by atoms with Crippen LogP contribution in [0.1, 0.15) is 44.6 Å². The lowest BCUT2D eigenvalue weighted by Gasteiger charge is -2.43. The molecule has 0 bridgehead atoms. The van der Waals surface area contributed by atoms with Crippen LogP contribution in [0, 0.1) is 0 Å². The van der Waals surface area contributed by atoms with Gasteiger partial charge in [0.1, 0.15) is 12.1 Å². The Labute approximate surface area is 208 Å². The van der Waals surface area contributed by atoms with Crippen LogP contribution in [0.15, 0.2) is 60.7 Å². The summed E-state index contributed by atoms with van der Waals surface area (Å²) in [4.78, 5) is 46.9. The van der Waals surface area contributed by atoms with E-state index in [2.05, 4.69) is 11.8 Å². The van der Waals surface area contributed by atoms with Gasteiger partial charge in [-0.05, 0) is 37.0 Å². The molecule has 2 aromatic carbocycles. The number of hydrogen-bond acceptors (Lipinski definition) is 4. The second kappa shape index (κ2) is 10.9. The molecule has 0 N–H and O–H groups in total. The van der Waals surface area contributed by atoms with Crippen molar-refractivity contribution in [1.82, 2.24) is 14.7 Å². The van der Waals surface area contributed by atoms with Crippen molar-refractivity contribution in [3.63, 3.8) is 0 Å². The van der Waals surface area contributed by atoms with E-state index in [0.29, 0.717) is 45.6 Å². The van der Waals surface area contributed by atoms with Crippen molar-refractivity contribution in [2.45, 2.75) is 51.1 Å². The summed E-state index contributed by atoms with van der Waals surface area (Å²) in [6.07, 6.45) is 3.59. The Morgan fingerprint density at radius 2 is 1.60 bits per heavy atom. The highest BCUT2D eigenvalue weighted by Gasteiger charge is 2.54. The van der Waals surface area contributed by atoms with E-state index in [-0.39, 0.29) is 24.3 Å². The molecule has 7 heteroatoms. The number of nitrogens with zero attached hydrogens (tertiary/aromatic N) is 4. The maximum absolute atomic E-state index is 13.8. The van der Waals surface area contributed by atoms with Crippen LogP contribution in [0.25, 0.3) is 0 Å². The van der Waals surface area contributed by atoms with Gasteiger partial charge in [0.05, 0.1) is 6.67 Å². The van der Waals surface area contributed by atoms with Gasteiger partial charge < -0.3 is 19.6 Å². The Hall–Kier alpha value is -3.35. The summed E-state index contributed by atoms with van der Waals surface area (Å²) in [6, 6.07) is 19.8. The molecule has 0 atom stereocenters. The number of amides is 3. The van der Waals surface area contributed by atoms with E-state index < -0.39 is 5.54 Å². The van der Waals surface area contributed by atoms with Crippen LogP contribution in [0.5, 0.6) is 0 Å². The van der Waals surface area contributed by atoms with Gasteiger partial charge in [0.25, 0.3) is 5.91 Å². The van der Waals surface area contributed by atoms with Crippen molar-refractivity contribution in [3.05, 3.63) is 66.2 Å². The Morgan fingerprint density at radius 1 is 0.971 bits per heavy atom. The molecule has 2 fully saturated rings. The molecular formula is C28H36N4O3. The smallest absolute Gasteiger partial charge is 0.250 e. The molecule has 0 aliphatic carbocycles. The molecular weight excluding hydrogens is 440 g/mol. The largest absolute Gasteiger partial charge is 0.342 e. The highest BCUT2D eigenvalue weighted by molar-refractivity contribution is 5.96. The van der Waals surface area contributed by atoms with Crippen molar-refractivity contribution in [2.75, 3.05) is 38.3 Å². The third kappa shape index (κ3) is 5.34.